The lowest BCUT2D eigenvalue weighted by Crippen LogP contribution is -2.22. The van der Waals surface area contributed by atoms with Crippen LogP contribution in [0, 0.1) is 6.92 Å². The van der Waals surface area contributed by atoms with Crippen molar-refractivity contribution in [3.05, 3.63) is 82.9 Å². The molecule has 2 heteroatoms. The highest BCUT2D eigenvalue weighted by molar-refractivity contribution is 8.03. The minimum atomic E-state index is 0.000571. The fraction of sp³-hybridized carbons (Fsp3) is 0.238. The van der Waals surface area contributed by atoms with Crippen LogP contribution in [0.3, 0.4) is 0 Å². The van der Waals surface area contributed by atoms with Crippen molar-refractivity contribution in [2.45, 2.75) is 31.1 Å². The molecule has 0 saturated carbocycles. The van der Waals surface area contributed by atoms with Crippen LogP contribution in [-0.2, 0) is 5.41 Å². The second-order valence-electron chi connectivity index (χ2n) is 6.56. The molecule has 0 N–H and O–H groups in total. The Morgan fingerprint density at radius 3 is 2.43 bits per heavy atom. The van der Waals surface area contributed by atoms with E-state index in [2.05, 4.69) is 93.9 Å². The summed E-state index contributed by atoms with van der Waals surface area (Å²) in [6.45, 7) is 11.0. The van der Waals surface area contributed by atoms with Crippen LogP contribution in [0.15, 0.2) is 76.7 Å². The molecule has 23 heavy (non-hydrogen) atoms. The standard InChI is InChI=1S/C21H23NS/c1-15-10-6-9-13-19(15)23-16(2)14-20-21(3,4)17-11-7-8-12-18(17)22(20)5/h6-14H,2H2,1,3-5H3/b20-14+. The molecule has 0 saturated heterocycles. The van der Waals surface area contributed by atoms with Crippen molar-refractivity contribution in [1.82, 2.24) is 0 Å². The largest absolute Gasteiger partial charge is 0.347 e. The summed E-state index contributed by atoms with van der Waals surface area (Å²) in [5, 5.41) is 0. The number of benzene rings is 2. The number of anilines is 1. The van der Waals surface area contributed by atoms with Gasteiger partial charge in [-0.15, -0.1) is 0 Å². The molecule has 0 aliphatic carbocycles. The Morgan fingerprint density at radius 2 is 1.74 bits per heavy atom. The predicted octanol–water partition coefficient (Wildman–Crippen LogP) is 5.91. The lowest BCUT2D eigenvalue weighted by Gasteiger charge is -2.24. The van der Waals surface area contributed by atoms with Gasteiger partial charge in [-0.3, -0.25) is 0 Å². The zero-order chi connectivity index (χ0) is 16.6. The summed E-state index contributed by atoms with van der Waals surface area (Å²) in [5.74, 6) is 0. The van der Waals surface area contributed by atoms with Crippen molar-refractivity contribution in [2.24, 2.45) is 0 Å². The van der Waals surface area contributed by atoms with Crippen molar-refractivity contribution in [1.29, 1.82) is 0 Å². The van der Waals surface area contributed by atoms with Crippen LogP contribution >= 0.6 is 11.8 Å². The molecule has 118 valence electrons. The van der Waals surface area contributed by atoms with E-state index in [1.807, 2.05) is 0 Å². The van der Waals surface area contributed by atoms with Crippen molar-refractivity contribution in [3.63, 3.8) is 0 Å². The Hall–Kier alpha value is -1.93. The van der Waals surface area contributed by atoms with Crippen LogP contribution in [0.2, 0.25) is 0 Å². The van der Waals surface area contributed by atoms with E-state index in [0.29, 0.717) is 0 Å². The Kier molecular flexibility index (Phi) is 4.11. The van der Waals surface area contributed by atoms with Gasteiger partial charge in [-0.2, -0.15) is 0 Å². The van der Waals surface area contributed by atoms with Gasteiger partial charge in [0.1, 0.15) is 0 Å². The molecule has 0 radical (unpaired) electrons. The summed E-state index contributed by atoms with van der Waals surface area (Å²) in [7, 11) is 2.14. The molecule has 2 aromatic rings. The Balaban J connectivity index is 1.91. The number of para-hydroxylation sites is 1. The molecular weight excluding hydrogens is 298 g/mol. The maximum absolute atomic E-state index is 4.28. The first-order valence-electron chi connectivity index (χ1n) is 7.89. The summed E-state index contributed by atoms with van der Waals surface area (Å²) in [5.41, 5.74) is 5.25. The molecule has 1 aliphatic heterocycles. The number of hydrogen-bond acceptors (Lipinski definition) is 2. The van der Waals surface area contributed by atoms with Crippen molar-refractivity contribution in [3.8, 4) is 0 Å². The van der Waals surface area contributed by atoms with Crippen LogP contribution < -0.4 is 4.90 Å². The first kappa shape index (κ1) is 15.9. The number of aryl methyl sites for hydroxylation is 1. The fourth-order valence-corrected chi connectivity index (χ4v) is 4.08. The summed E-state index contributed by atoms with van der Waals surface area (Å²) in [6, 6.07) is 17.1. The third-order valence-corrected chi connectivity index (χ3v) is 5.63. The molecule has 0 spiro atoms. The van der Waals surface area contributed by atoms with E-state index in [1.165, 1.54) is 27.4 Å². The first-order valence-corrected chi connectivity index (χ1v) is 8.70. The zero-order valence-electron chi connectivity index (χ0n) is 14.3. The molecule has 0 aromatic heterocycles. The van der Waals surface area contributed by atoms with Crippen LogP contribution in [0.1, 0.15) is 25.0 Å². The summed E-state index contributed by atoms with van der Waals surface area (Å²) in [6.07, 6.45) is 2.23. The van der Waals surface area contributed by atoms with E-state index in [4.69, 9.17) is 0 Å². The zero-order valence-corrected chi connectivity index (χ0v) is 15.1. The number of rotatable bonds is 3. The quantitative estimate of drug-likeness (QED) is 0.646. The van der Waals surface area contributed by atoms with Gasteiger partial charge in [0.05, 0.1) is 0 Å². The second-order valence-corrected chi connectivity index (χ2v) is 7.73. The molecular formula is C21H23NS. The number of allylic oxidation sites excluding steroid dienone is 2. The summed E-state index contributed by atoms with van der Waals surface area (Å²) < 4.78 is 0. The fourth-order valence-electron chi connectivity index (χ4n) is 3.25. The van der Waals surface area contributed by atoms with Gasteiger partial charge in [0.25, 0.3) is 0 Å². The molecule has 1 aliphatic rings. The van der Waals surface area contributed by atoms with Gasteiger partial charge in [-0.1, -0.05) is 68.6 Å². The van der Waals surface area contributed by atoms with Gasteiger partial charge in [0.15, 0.2) is 0 Å². The maximum atomic E-state index is 4.28. The van der Waals surface area contributed by atoms with Gasteiger partial charge in [-0.25, -0.2) is 0 Å². The first-order chi connectivity index (χ1) is 10.9. The van der Waals surface area contributed by atoms with Crippen molar-refractivity contribution >= 4 is 17.4 Å². The van der Waals surface area contributed by atoms with Crippen LogP contribution in [0.4, 0.5) is 5.69 Å². The molecule has 0 fully saturated rings. The van der Waals surface area contributed by atoms with Crippen molar-refractivity contribution in [2.75, 3.05) is 11.9 Å². The number of likely N-dealkylation sites (N-methyl/N-ethyl adjacent to an activating group) is 1. The third kappa shape index (κ3) is 2.84. The highest BCUT2D eigenvalue weighted by Gasteiger charge is 2.38. The SMILES string of the molecule is C=C(/C=C1/N(C)c2ccccc2C1(C)C)Sc1ccccc1C. The van der Waals surface area contributed by atoms with E-state index in [9.17, 15) is 0 Å². The number of nitrogens with zero attached hydrogens (tertiary/aromatic N) is 1. The molecule has 2 aromatic carbocycles. The van der Waals surface area contributed by atoms with Crippen molar-refractivity contribution < 1.29 is 0 Å². The number of thioether (sulfide) groups is 1. The third-order valence-electron chi connectivity index (χ3n) is 4.57. The lowest BCUT2D eigenvalue weighted by atomic mass is 9.84. The number of fused-ring (bicyclic) bond motifs is 1. The van der Waals surface area contributed by atoms with Gasteiger partial charge < -0.3 is 4.90 Å². The Labute approximate surface area is 143 Å². The summed E-state index contributed by atoms with van der Waals surface area (Å²) in [4.78, 5) is 4.63. The summed E-state index contributed by atoms with van der Waals surface area (Å²) >= 11 is 1.74. The van der Waals surface area contributed by atoms with Crippen LogP contribution in [0.25, 0.3) is 0 Å². The van der Waals surface area contributed by atoms with Gasteiger partial charge in [0.2, 0.25) is 0 Å². The topological polar surface area (TPSA) is 3.24 Å². The van der Waals surface area contributed by atoms with E-state index in [-0.39, 0.29) is 5.41 Å². The van der Waals surface area contributed by atoms with E-state index in [0.717, 1.165) is 4.91 Å². The minimum absolute atomic E-state index is 0.000571. The minimum Gasteiger partial charge on any atom is -0.347 e. The molecule has 1 nitrogen and oxygen atoms in total. The van der Waals surface area contributed by atoms with Gasteiger partial charge in [-0.05, 0) is 36.3 Å². The highest BCUT2D eigenvalue weighted by Crippen LogP contribution is 2.47. The number of hydrogen-bond donors (Lipinski definition) is 0. The molecule has 0 atom stereocenters. The molecule has 1 heterocycles. The average molecular weight is 321 g/mol. The van der Waals surface area contributed by atoms with E-state index >= 15 is 0 Å². The lowest BCUT2D eigenvalue weighted by molar-refractivity contribution is 0.640. The average Bonchev–Trinajstić information content (AvgIpc) is 2.71. The van der Waals surface area contributed by atoms with E-state index < -0.39 is 0 Å². The van der Waals surface area contributed by atoms with Crippen LogP contribution in [-0.4, -0.2) is 7.05 Å². The predicted molar refractivity (Wildman–Crippen MR) is 102 cm³/mol. The van der Waals surface area contributed by atoms with E-state index in [1.54, 1.807) is 11.8 Å². The van der Waals surface area contributed by atoms with Gasteiger partial charge >= 0.3 is 0 Å². The maximum Gasteiger partial charge on any atom is 0.0447 e. The van der Waals surface area contributed by atoms with Crippen LogP contribution in [0.5, 0.6) is 0 Å². The van der Waals surface area contributed by atoms with Gasteiger partial charge in [0, 0.05) is 33.6 Å². The molecule has 0 unspecified atom stereocenters. The monoisotopic (exact) mass is 321 g/mol. The smallest absolute Gasteiger partial charge is 0.0447 e. The normalized spacial score (nSPS) is 17.4. The highest BCUT2D eigenvalue weighted by atomic mass is 32.2. The second kappa shape index (κ2) is 5.93. The molecule has 0 bridgehead atoms. The molecule has 0 amide bonds. The molecule has 3 rings (SSSR count). The Bertz CT molecular complexity index is 786. The Morgan fingerprint density at radius 1 is 1.09 bits per heavy atom.